The van der Waals surface area contributed by atoms with Gasteiger partial charge in [-0.15, -0.1) is 0 Å². The molecule has 4 nitrogen and oxygen atoms in total. The molecule has 2 aromatic heterocycles. The molecule has 2 heterocycles. The molecular weight excluding hydrogens is 262 g/mol. The maximum Gasteiger partial charge on any atom is 0.157 e. The predicted octanol–water partition coefficient (Wildman–Crippen LogP) is 3.72. The van der Waals surface area contributed by atoms with Crippen LogP contribution in [0.25, 0.3) is 17.5 Å². The van der Waals surface area contributed by atoms with Crippen molar-refractivity contribution in [3.8, 4) is 23.6 Å². The average Bonchev–Trinajstić information content (AvgIpc) is 2.96. The van der Waals surface area contributed by atoms with Crippen molar-refractivity contribution in [1.29, 1.82) is 10.5 Å². The second-order valence-corrected chi connectivity index (χ2v) is 5.71. The van der Waals surface area contributed by atoms with Crippen LogP contribution in [0.3, 0.4) is 0 Å². The number of pyridine rings is 1. The molecule has 0 bridgehead atoms. The third-order valence-electron chi connectivity index (χ3n) is 3.86. The zero-order valence-electron chi connectivity index (χ0n) is 12.1. The highest BCUT2D eigenvalue weighted by Gasteiger charge is 2.39. The number of allylic oxidation sites excluding steroid dienone is 1. The number of rotatable bonds is 1. The molecule has 1 aliphatic rings. The summed E-state index contributed by atoms with van der Waals surface area (Å²) in [5.41, 5.74) is 3.97. The molecule has 0 aliphatic heterocycles. The van der Waals surface area contributed by atoms with Crippen LogP contribution in [0, 0.1) is 29.6 Å². The van der Waals surface area contributed by atoms with Crippen molar-refractivity contribution in [2.24, 2.45) is 0 Å². The molecule has 3 rings (SSSR count). The molecule has 0 radical (unpaired) electrons. The van der Waals surface area contributed by atoms with E-state index in [0.29, 0.717) is 5.76 Å². The number of furan rings is 1. The van der Waals surface area contributed by atoms with Crippen molar-refractivity contribution in [2.45, 2.75) is 26.2 Å². The Kier molecular flexibility index (Phi) is 2.71. The fourth-order valence-electron chi connectivity index (χ4n) is 2.72. The van der Waals surface area contributed by atoms with Crippen LogP contribution in [0.15, 0.2) is 28.3 Å². The van der Waals surface area contributed by atoms with Crippen molar-refractivity contribution in [3.05, 3.63) is 46.4 Å². The number of nitrogens with zero attached hydrogens (tertiary/aromatic N) is 3. The molecule has 4 heteroatoms. The van der Waals surface area contributed by atoms with Crippen LogP contribution in [-0.2, 0) is 5.41 Å². The summed E-state index contributed by atoms with van der Waals surface area (Å²) < 4.78 is 5.82. The van der Waals surface area contributed by atoms with Gasteiger partial charge >= 0.3 is 0 Å². The smallest absolute Gasteiger partial charge is 0.157 e. The molecule has 0 saturated heterocycles. The molecule has 2 aromatic rings. The standard InChI is InChI=1S/C17H13N3O/c1-10-4-13-15(20-9-10)16-14(17(13,2)3)6-12(21-16)5-11(7-18)8-19/h4-6,9H,1-3H3. The van der Waals surface area contributed by atoms with Crippen LogP contribution in [0.1, 0.15) is 36.3 Å². The Labute approximate surface area is 123 Å². The van der Waals surface area contributed by atoms with Crippen molar-refractivity contribution in [3.63, 3.8) is 0 Å². The van der Waals surface area contributed by atoms with Gasteiger partial charge in [0, 0.05) is 23.3 Å². The van der Waals surface area contributed by atoms with E-state index in [2.05, 4.69) is 24.9 Å². The topological polar surface area (TPSA) is 73.6 Å². The Hall–Kier alpha value is -2.85. The first-order valence-electron chi connectivity index (χ1n) is 6.61. The summed E-state index contributed by atoms with van der Waals surface area (Å²) in [7, 11) is 0. The number of hydrogen-bond acceptors (Lipinski definition) is 4. The van der Waals surface area contributed by atoms with Crippen molar-refractivity contribution in [2.75, 3.05) is 0 Å². The summed E-state index contributed by atoms with van der Waals surface area (Å²) in [6.07, 6.45) is 3.28. The Balaban J connectivity index is 2.19. The number of aromatic nitrogens is 1. The first-order chi connectivity index (χ1) is 9.97. The highest BCUT2D eigenvalue weighted by Crippen LogP contribution is 2.49. The Bertz CT molecular complexity index is 841. The maximum absolute atomic E-state index is 8.83. The maximum atomic E-state index is 8.83. The van der Waals surface area contributed by atoms with Gasteiger partial charge in [-0.25, -0.2) is 0 Å². The molecule has 0 fully saturated rings. The van der Waals surface area contributed by atoms with Gasteiger partial charge in [0.25, 0.3) is 0 Å². The SMILES string of the molecule is Cc1cnc2c(c1)C(C)(C)c1cc(C=C(C#N)C#N)oc1-2. The van der Waals surface area contributed by atoms with Crippen LogP contribution in [-0.4, -0.2) is 4.98 Å². The van der Waals surface area contributed by atoms with E-state index in [1.807, 2.05) is 31.3 Å². The summed E-state index contributed by atoms with van der Waals surface area (Å²) in [6.45, 7) is 6.26. The van der Waals surface area contributed by atoms with Gasteiger partial charge in [0.15, 0.2) is 5.76 Å². The van der Waals surface area contributed by atoms with E-state index in [9.17, 15) is 0 Å². The van der Waals surface area contributed by atoms with Gasteiger partial charge in [0.05, 0.1) is 0 Å². The largest absolute Gasteiger partial charge is 0.455 e. The second kappa shape index (κ2) is 4.33. The molecule has 0 spiro atoms. The summed E-state index contributed by atoms with van der Waals surface area (Å²) in [5.74, 6) is 1.25. The molecular formula is C17H13N3O. The van der Waals surface area contributed by atoms with E-state index in [1.54, 1.807) is 0 Å². The minimum Gasteiger partial charge on any atom is -0.455 e. The van der Waals surface area contributed by atoms with Gasteiger partial charge in [-0.3, -0.25) is 4.98 Å². The van der Waals surface area contributed by atoms with Gasteiger partial charge < -0.3 is 4.42 Å². The van der Waals surface area contributed by atoms with E-state index < -0.39 is 0 Å². The van der Waals surface area contributed by atoms with Crippen molar-refractivity contribution in [1.82, 2.24) is 4.98 Å². The van der Waals surface area contributed by atoms with Crippen LogP contribution in [0.5, 0.6) is 0 Å². The molecule has 0 aromatic carbocycles. The number of nitriles is 2. The Morgan fingerprint density at radius 1 is 1.24 bits per heavy atom. The summed E-state index contributed by atoms with van der Waals surface area (Å²) in [4.78, 5) is 4.48. The van der Waals surface area contributed by atoms with E-state index in [1.165, 1.54) is 6.08 Å². The third kappa shape index (κ3) is 1.85. The van der Waals surface area contributed by atoms with Gasteiger partial charge in [-0.1, -0.05) is 19.9 Å². The lowest BCUT2D eigenvalue weighted by Crippen LogP contribution is -2.14. The predicted molar refractivity (Wildman–Crippen MR) is 78.0 cm³/mol. The summed E-state index contributed by atoms with van der Waals surface area (Å²) in [6, 6.07) is 7.69. The number of aryl methyl sites for hydroxylation is 1. The zero-order valence-corrected chi connectivity index (χ0v) is 12.1. The lowest BCUT2D eigenvalue weighted by Gasteiger charge is -2.19. The van der Waals surface area contributed by atoms with E-state index in [4.69, 9.17) is 14.9 Å². The highest BCUT2D eigenvalue weighted by molar-refractivity contribution is 5.76. The normalized spacial score (nSPS) is 13.8. The first kappa shape index (κ1) is 13.1. The fraction of sp³-hybridized carbons (Fsp3) is 0.235. The van der Waals surface area contributed by atoms with Crippen LogP contribution >= 0.6 is 0 Å². The summed E-state index contributed by atoms with van der Waals surface area (Å²) >= 11 is 0. The van der Waals surface area contributed by atoms with Crippen molar-refractivity contribution >= 4 is 6.08 Å². The quantitative estimate of drug-likeness (QED) is 0.743. The lowest BCUT2D eigenvalue weighted by atomic mass is 9.83. The van der Waals surface area contributed by atoms with Crippen LogP contribution in [0.2, 0.25) is 0 Å². The third-order valence-corrected chi connectivity index (χ3v) is 3.86. The van der Waals surface area contributed by atoms with E-state index in [0.717, 1.165) is 28.1 Å². The highest BCUT2D eigenvalue weighted by atomic mass is 16.3. The van der Waals surface area contributed by atoms with Gasteiger partial charge in [0.2, 0.25) is 0 Å². The molecule has 0 atom stereocenters. The molecule has 0 saturated carbocycles. The van der Waals surface area contributed by atoms with Gasteiger partial charge in [-0.2, -0.15) is 10.5 Å². The molecule has 0 N–H and O–H groups in total. The Morgan fingerprint density at radius 2 is 1.95 bits per heavy atom. The molecule has 1 aliphatic carbocycles. The van der Waals surface area contributed by atoms with E-state index >= 15 is 0 Å². The monoisotopic (exact) mass is 275 g/mol. The minimum atomic E-state index is -0.196. The Morgan fingerprint density at radius 3 is 2.62 bits per heavy atom. The zero-order chi connectivity index (χ0) is 15.2. The summed E-state index contributed by atoms with van der Waals surface area (Å²) in [5, 5.41) is 17.7. The van der Waals surface area contributed by atoms with Gasteiger partial charge in [0.1, 0.15) is 29.2 Å². The number of fused-ring (bicyclic) bond motifs is 3. The van der Waals surface area contributed by atoms with E-state index in [-0.39, 0.29) is 11.0 Å². The van der Waals surface area contributed by atoms with Crippen molar-refractivity contribution < 1.29 is 4.42 Å². The minimum absolute atomic E-state index is 0.0253. The average molecular weight is 275 g/mol. The van der Waals surface area contributed by atoms with Crippen LogP contribution in [0.4, 0.5) is 0 Å². The second-order valence-electron chi connectivity index (χ2n) is 5.71. The molecule has 102 valence electrons. The van der Waals surface area contributed by atoms with Crippen LogP contribution < -0.4 is 0 Å². The first-order valence-corrected chi connectivity index (χ1v) is 6.61. The lowest BCUT2D eigenvalue weighted by molar-refractivity contribution is 0.567. The molecule has 0 unspecified atom stereocenters. The molecule has 0 amide bonds. The fourth-order valence-corrected chi connectivity index (χ4v) is 2.72. The van der Waals surface area contributed by atoms with Gasteiger partial charge in [-0.05, 0) is 24.1 Å². The number of hydrogen-bond donors (Lipinski definition) is 0. The molecule has 21 heavy (non-hydrogen) atoms.